The molecule has 0 amide bonds. The van der Waals surface area contributed by atoms with Crippen molar-refractivity contribution < 1.29 is 9.90 Å². The highest BCUT2D eigenvalue weighted by Crippen LogP contribution is 2.34. The van der Waals surface area contributed by atoms with E-state index in [-0.39, 0.29) is 5.92 Å². The normalized spacial score (nSPS) is 21.3. The molecule has 104 valence electrons. The minimum absolute atomic E-state index is 0.195. The van der Waals surface area contributed by atoms with Crippen LogP contribution in [0.15, 0.2) is 18.6 Å². The van der Waals surface area contributed by atoms with Crippen LogP contribution < -0.4 is 0 Å². The number of rotatable bonds is 4. The number of hydrogen-bond acceptors (Lipinski definition) is 4. The van der Waals surface area contributed by atoms with Crippen LogP contribution in [-0.4, -0.2) is 39.0 Å². The van der Waals surface area contributed by atoms with Gasteiger partial charge in [-0.15, -0.1) is 0 Å². The highest BCUT2D eigenvalue weighted by atomic mass is 16.4. The quantitative estimate of drug-likeness (QED) is 0.897. The average molecular weight is 263 g/mol. The van der Waals surface area contributed by atoms with Crippen molar-refractivity contribution in [1.29, 1.82) is 0 Å². The lowest BCUT2D eigenvalue weighted by molar-refractivity contribution is -0.151. The summed E-state index contributed by atoms with van der Waals surface area (Å²) in [5.41, 5.74) is 0.327. The van der Waals surface area contributed by atoms with E-state index in [1.54, 1.807) is 12.5 Å². The van der Waals surface area contributed by atoms with E-state index in [0.29, 0.717) is 0 Å². The summed E-state index contributed by atoms with van der Waals surface area (Å²) in [4.78, 5) is 21.8. The van der Waals surface area contributed by atoms with Crippen LogP contribution >= 0.6 is 0 Å². The molecule has 1 N–H and O–H groups in total. The summed E-state index contributed by atoms with van der Waals surface area (Å²) in [5.74, 6) is -0.512. The van der Waals surface area contributed by atoms with Gasteiger partial charge in [0.05, 0.1) is 11.1 Å². The predicted octanol–water partition coefficient (Wildman–Crippen LogP) is 1.80. The molecule has 1 aromatic heterocycles. The summed E-state index contributed by atoms with van der Waals surface area (Å²) in [5, 5.41) is 9.33. The van der Waals surface area contributed by atoms with Gasteiger partial charge in [-0.05, 0) is 45.2 Å². The molecule has 19 heavy (non-hydrogen) atoms. The van der Waals surface area contributed by atoms with E-state index in [1.807, 2.05) is 19.9 Å². The Hall–Kier alpha value is -1.49. The molecule has 5 heteroatoms. The number of carbonyl (C=O) groups is 1. The Morgan fingerprint density at radius 2 is 2.37 bits per heavy atom. The molecule has 2 rings (SSSR count). The minimum Gasteiger partial charge on any atom is -0.481 e. The lowest BCUT2D eigenvalue weighted by Crippen LogP contribution is -2.44. The summed E-state index contributed by atoms with van der Waals surface area (Å²) in [6.07, 6.45) is 5.33. The fourth-order valence-corrected chi connectivity index (χ4v) is 2.60. The molecule has 0 aromatic carbocycles. The van der Waals surface area contributed by atoms with Crippen LogP contribution in [0.3, 0.4) is 0 Å². The Kier molecular flexibility index (Phi) is 4.14. The molecule has 1 saturated heterocycles. The van der Waals surface area contributed by atoms with Gasteiger partial charge in [-0.25, -0.2) is 9.97 Å². The minimum atomic E-state index is -0.707. The number of carboxylic acid groups (broad SMARTS) is 1. The molecule has 2 heterocycles. The van der Waals surface area contributed by atoms with Crippen LogP contribution in [0, 0.1) is 11.3 Å². The second-order valence-corrected chi connectivity index (χ2v) is 5.80. The molecule has 1 fully saturated rings. The zero-order valence-electron chi connectivity index (χ0n) is 11.5. The van der Waals surface area contributed by atoms with Gasteiger partial charge in [-0.2, -0.15) is 0 Å². The molecule has 1 atom stereocenters. The SMILES string of the molecule is CC(C)(C(=O)O)C1CCCN(Cc2ccncn2)C1. The Morgan fingerprint density at radius 1 is 1.58 bits per heavy atom. The van der Waals surface area contributed by atoms with Gasteiger partial charge in [0.1, 0.15) is 6.33 Å². The van der Waals surface area contributed by atoms with Crippen LogP contribution in [-0.2, 0) is 11.3 Å². The molecule has 0 aliphatic carbocycles. The van der Waals surface area contributed by atoms with Crippen molar-refractivity contribution in [2.24, 2.45) is 11.3 Å². The smallest absolute Gasteiger partial charge is 0.309 e. The third-order valence-electron chi connectivity index (χ3n) is 4.11. The molecular formula is C14H21N3O2. The van der Waals surface area contributed by atoms with Crippen molar-refractivity contribution >= 4 is 5.97 Å². The largest absolute Gasteiger partial charge is 0.481 e. The number of carboxylic acids is 1. The highest BCUT2D eigenvalue weighted by molar-refractivity contribution is 5.74. The van der Waals surface area contributed by atoms with Gasteiger partial charge in [-0.3, -0.25) is 9.69 Å². The van der Waals surface area contributed by atoms with E-state index in [9.17, 15) is 9.90 Å². The van der Waals surface area contributed by atoms with E-state index in [2.05, 4.69) is 14.9 Å². The van der Waals surface area contributed by atoms with E-state index < -0.39 is 11.4 Å². The number of aliphatic carboxylic acids is 1. The average Bonchev–Trinajstić information content (AvgIpc) is 2.40. The Labute approximate surface area is 113 Å². The first-order chi connectivity index (χ1) is 9.00. The third-order valence-corrected chi connectivity index (χ3v) is 4.11. The number of nitrogens with zero attached hydrogens (tertiary/aromatic N) is 3. The van der Waals surface area contributed by atoms with Gasteiger partial charge < -0.3 is 5.11 Å². The lowest BCUT2D eigenvalue weighted by Gasteiger charge is -2.39. The van der Waals surface area contributed by atoms with Crippen LogP contribution in [0.5, 0.6) is 0 Å². The molecule has 0 bridgehead atoms. The molecule has 0 radical (unpaired) electrons. The van der Waals surface area contributed by atoms with Crippen molar-refractivity contribution in [2.45, 2.75) is 33.2 Å². The molecule has 1 aromatic rings. The van der Waals surface area contributed by atoms with Gasteiger partial charge in [0, 0.05) is 19.3 Å². The second-order valence-electron chi connectivity index (χ2n) is 5.80. The van der Waals surface area contributed by atoms with Crippen LogP contribution in [0.25, 0.3) is 0 Å². The monoisotopic (exact) mass is 263 g/mol. The topological polar surface area (TPSA) is 66.3 Å². The molecule has 1 aliphatic heterocycles. The van der Waals surface area contributed by atoms with Gasteiger partial charge in [0.2, 0.25) is 0 Å². The van der Waals surface area contributed by atoms with E-state index in [1.165, 1.54) is 0 Å². The van der Waals surface area contributed by atoms with Gasteiger partial charge >= 0.3 is 5.97 Å². The summed E-state index contributed by atoms with van der Waals surface area (Å²) < 4.78 is 0. The van der Waals surface area contributed by atoms with Crippen molar-refractivity contribution in [3.63, 3.8) is 0 Å². The maximum atomic E-state index is 11.3. The maximum Gasteiger partial charge on any atom is 0.309 e. The Morgan fingerprint density at radius 3 is 3.00 bits per heavy atom. The summed E-state index contributed by atoms with van der Waals surface area (Å²) in [6, 6.07) is 1.91. The number of hydrogen-bond donors (Lipinski definition) is 1. The number of piperidine rings is 1. The molecule has 0 saturated carbocycles. The van der Waals surface area contributed by atoms with Gasteiger partial charge in [-0.1, -0.05) is 0 Å². The summed E-state index contributed by atoms with van der Waals surface area (Å²) in [6.45, 7) is 6.26. The first kappa shape index (κ1) is 13.9. The van der Waals surface area contributed by atoms with E-state index >= 15 is 0 Å². The van der Waals surface area contributed by atoms with Crippen molar-refractivity contribution in [3.05, 3.63) is 24.3 Å². The van der Waals surface area contributed by atoms with Crippen molar-refractivity contribution in [2.75, 3.05) is 13.1 Å². The third kappa shape index (κ3) is 3.29. The summed E-state index contributed by atoms with van der Waals surface area (Å²) >= 11 is 0. The van der Waals surface area contributed by atoms with Crippen LogP contribution in [0.4, 0.5) is 0 Å². The Balaban J connectivity index is 2.00. The highest BCUT2D eigenvalue weighted by Gasteiger charge is 2.38. The summed E-state index contributed by atoms with van der Waals surface area (Å²) in [7, 11) is 0. The number of likely N-dealkylation sites (tertiary alicyclic amines) is 1. The zero-order valence-corrected chi connectivity index (χ0v) is 11.5. The standard InChI is InChI=1S/C14H21N3O2/c1-14(2,13(18)19)11-4-3-7-17(8-11)9-12-5-6-15-10-16-12/h5-6,10-11H,3-4,7-9H2,1-2H3,(H,18,19). The maximum absolute atomic E-state index is 11.3. The molecular weight excluding hydrogens is 242 g/mol. The van der Waals surface area contributed by atoms with E-state index in [0.717, 1.165) is 38.2 Å². The first-order valence-corrected chi connectivity index (χ1v) is 6.71. The zero-order chi connectivity index (χ0) is 13.9. The Bertz CT molecular complexity index is 434. The molecule has 1 aliphatic rings. The van der Waals surface area contributed by atoms with Crippen molar-refractivity contribution in [3.8, 4) is 0 Å². The molecule has 1 unspecified atom stereocenters. The predicted molar refractivity (Wildman–Crippen MR) is 71.4 cm³/mol. The van der Waals surface area contributed by atoms with Crippen LogP contribution in [0.1, 0.15) is 32.4 Å². The molecule has 5 nitrogen and oxygen atoms in total. The van der Waals surface area contributed by atoms with Crippen molar-refractivity contribution in [1.82, 2.24) is 14.9 Å². The first-order valence-electron chi connectivity index (χ1n) is 6.71. The molecule has 0 spiro atoms. The van der Waals surface area contributed by atoms with Gasteiger partial charge in [0.15, 0.2) is 0 Å². The number of aromatic nitrogens is 2. The lowest BCUT2D eigenvalue weighted by atomic mass is 9.74. The van der Waals surface area contributed by atoms with Gasteiger partial charge in [0.25, 0.3) is 0 Å². The second kappa shape index (κ2) is 5.65. The van der Waals surface area contributed by atoms with Crippen LogP contribution in [0.2, 0.25) is 0 Å². The van der Waals surface area contributed by atoms with E-state index in [4.69, 9.17) is 0 Å². The fraction of sp³-hybridized carbons (Fsp3) is 0.643. The fourth-order valence-electron chi connectivity index (χ4n) is 2.60.